The van der Waals surface area contributed by atoms with Crippen LogP contribution >= 0.6 is 0 Å². The smallest absolute Gasteiger partial charge is 0.238 e. The van der Waals surface area contributed by atoms with E-state index in [1.807, 2.05) is 20.8 Å². The third-order valence-corrected chi connectivity index (χ3v) is 11.6. The molecule has 1 aromatic carbocycles. The number of amides is 1. The molecule has 1 unspecified atom stereocenters. The van der Waals surface area contributed by atoms with Gasteiger partial charge in [-0.15, -0.1) is 0 Å². The van der Waals surface area contributed by atoms with E-state index in [0.717, 1.165) is 23.2 Å². The number of likely N-dealkylation sites (N-methyl/N-ethyl adjacent to an activating group) is 1. The number of rotatable bonds is 9. The highest BCUT2D eigenvalue weighted by Gasteiger charge is 2.47. The van der Waals surface area contributed by atoms with Crippen LogP contribution in [-0.2, 0) is 32.2 Å². The molecule has 0 radical (unpaired) electrons. The number of nitrogens with one attached hydrogen (secondary N) is 1. The third kappa shape index (κ3) is 6.23. The Hall–Kier alpha value is -1.50. The Bertz CT molecular complexity index is 1160. The van der Waals surface area contributed by atoms with Gasteiger partial charge in [0.1, 0.15) is 5.82 Å². The Balaban J connectivity index is 1.50. The number of hydrogen-bond acceptors (Lipinski definition) is 4. The van der Waals surface area contributed by atoms with E-state index in [1.54, 1.807) is 4.90 Å². The number of halogens is 3. The predicted molar refractivity (Wildman–Crippen MR) is 136 cm³/mol. The van der Waals surface area contributed by atoms with Crippen LogP contribution < -0.4 is 4.72 Å². The molecule has 3 fully saturated rings. The van der Waals surface area contributed by atoms with Crippen molar-refractivity contribution in [1.82, 2.24) is 13.9 Å². The molecule has 2 bridgehead atoms. The van der Waals surface area contributed by atoms with Crippen molar-refractivity contribution in [2.24, 2.45) is 5.92 Å². The summed E-state index contributed by atoms with van der Waals surface area (Å²) >= 11 is 0. The Morgan fingerprint density at radius 1 is 1.08 bits per heavy atom. The van der Waals surface area contributed by atoms with Gasteiger partial charge in [-0.25, -0.2) is 30.5 Å². The van der Waals surface area contributed by atoms with E-state index in [9.17, 15) is 30.6 Å². The van der Waals surface area contributed by atoms with Crippen LogP contribution in [0.1, 0.15) is 64.9 Å². The third-order valence-electron chi connectivity index (χ3n) is 7.71. The predicted octanol–water partition coefficient (Wildman–Crippen LogP) is 3.26. The minimum atomic E-state index is -3.46. The number of hydrogen-bond donors (Lipinski definition) is 1. The molecule has 37 heavy (non-hydrogen) atoms. The topological polar surface area (TPSA) is 86.8 Å². The van der Waals surface area contributed by atoms with Gasteiger partial charge < -0.3 is 4.90 Å². The average molecular weight is 564 g/mol. The lowest BCUT2D eigenvalue weighted by Gasteiger charge is -2.42. The number of nitrogens with zero attached hydrogens (tertiary/aromatic N) is 2. The summed E-state index contributed by atoms with van der Waals surface area (Å²) in [5, 5.41) is -0.389. The van der Waals surface area contributed by atoms with Crippen LogP contribution in [0.2, 0.25) is 0 Å². The summed E-state index contributed by atoms with van der Waals surface area (Å²) in [5.74, 6) is -3.58. The van der Waals surface area contributed by atoms with Crippen molar-refractivity contribution >= 4 is 26.9 Å². The molecular weight excluding hydrogens is 527 g/mol. The number of benzene rings is 1. The van der Waals surface area contributed by atoms with Crippen LogP contribution in [0.4, 0.5) is 13.2 Å². The highest BCUT2D eigenvalue weighted by Crippen LogP contribution is 2.41. The van der Waals surface area contributed by atoms with E-state index in [0.29, 0.717) is 31.7 Å². The van der Waals surface area contributed by atoms with E-state index in [-0.39, 0.29) is 47.7 Å². The molecule has 0 aromatic heterocycles. The van der Waals surface area contributed by atoms with Crippen molar-refractivity contribution < 1.29 is 30.6 Å². The van der Waals surface area contributed by atoms with Crippen LogP contribution in [0, 0.1) is 23.4 Å². The second kappa shape index (κ2) is 10.6. The molecule has 0 spiro atoms. The summed E-state index contributed by atoms with van der Waals surface area (Å²) in [6.07, 6.45) is 3.92. The zero-order chi connectivity index (χ0) is 27.3. The van der Waals surface area contributed by atoms with Crippen molar-refractivity contribution in [3.05, 3.63) is 35.1 Å². The van der Waals surface area contributed by atoms with Crippen molar-refractivity contribution in [2.75, 3.05) is 13.6 Å². The first kappa shape index (κ1) is 28.5. The lowest BCUT2D eigenvalue weighted by Crippen LogP contribution is -2.54. The monoisotopic (exact) mass is 563 g/mol. The molecule has 2 heterocycles. The van der Waals surface area contributed by atoms with Gasteiger partial charge in [0.25, 0.3) is 0 Å². The molecule has 1 N–H and O–H groups in total. The largest absolute Gasteiger partial charge is 0.336 e. The molecule has 2 saturated heterocycles. The van der Waals surface area contributed by atoms with Crippen molar-refractivity contribution in [3.63, 3.8) is 0 Å². The SMILES string of the molecule is CN(CC(=O)N1[C@@H]2CC[C@H]1CC([C@@H](Cc1cc(F)c(F)cc1F)N[S@@](=O)C(C)(C)C)C2)S(=O)(=O)C1CC1. The first-order valence-corrected chi connectivity index (χ1v) is 15.4. The van der Waals surface area contributed by atoms with Crippen LogP contribution in [-0.4, -0.2) is 69.5 Å². The first-order valence-electron chi connectivity index (χ1n) is 12.8. The number of sulfonamides is 1. The maximum atomic E-state index is 14.5. The molecular formula is C25H36F3N3O4S2. The van der Waals surface area contributed by atoms with Gasteiger partial charge in [-0.05, 0) is 83.3 Å². The zero-order valence-electron chi connectivity index (χ0n) is 21.7. The van der Waals surface area contributed by atoms with E-state index in [4.69, 9.17) is 0 Å². The van der Waals surface area contributed by atoms with Gasteiger partial charge in [0.05, 0.1) is 27.5 Å². The lowest BCUT2D eigenvalue weighted by atomic mass is 9.82. The quantitative estimate of drug-likeness (QED) is 0.468. The fraction of sp³-hybridized carbons (Fsp3) is 0.720. The van der Waals surface area contributed by atoms with Crippen molar-refractivity contribution in [1.29, 1.82) is 0 Å². The lowest BCUT2D eigenvalue weighted by molar-refractivity contribution is -0.136. The molecule has 3 aliphatic rings. The maximum Gasteiger partial charge on any atom is 0.238 e. The van der Waals surface area contributed by atoms with Gasteiger partial charge in [-0.2, -0.15) is 4.31 Å². The summed E-state index contributed by atoms with van der Waals surface area (Å²) < 4.78 is 83.6. The fourth-order valence-corrected chi connectivity index (χ4v) is 7.95. The zero-order valence-corrected chi connectivity index (χ0v) is 23.3. The molecule has 5 atom stereocenters. The summed E-state index contributed by atoms with van der Waals surface area (Å²) in [6, 6.07) is 0.658. The molecule has 1 aromatic rings. The fourth-order valence-electron chi connectivity index (χ4n) is 5.51. The normalized spacial score (nSPS) is 25.9. The first-order chi connectivity index (χ1) is 17.2. The van der Waals surface area contributed by atoms with E-state index in [1.165, 1.54) is 7.05 Å². The van der Waals surface area contributed by atoms with Crippen molar-refractivity contribution in [3.8, 4) is 0 Å². The van der Waals surface area contributed by atoms with E-state index < -0.39 is 49.2 Å². The van der Waals surface area contributed by atoms with Gasteiger partial charge in [0.2, 0.25) is 15.9 Å². The summed E-state index contributed by atoms with van der Waals surface area (Å²) in [6.45, 7) is 5.22. The number of fused-ring (bicyclic) bond motifs is 2. The number of carbonyl (C=O) groups excluding carboxylic acids is 1. The minimum Gasteiger partial charge on any atom is -0.336 e. The molecule has 4 rings (SSSR count). The Kier molecular flexibility index (Phi) is 8.15. The molecule has 208 valence electrons. The van der Waals surface area contributed by atoms with Crippen LogP contribution in [0.5, 0.6) is 0 Å². The van der Waals surface area contributed by atoms with E-state index in [2.05, 4.69) is 4.72 Å². The molecule has 7 nitrogen and oxygen atoms in total. The molecule has 2 aliphatic heterocycles. The molecule has 1 amide bonds. The van der Waals surface area contributed by atoms with Gasteiger partial charge in [0.15, 0.2) is 11.6 Å². The van der Waals surface area contributed by atoms with Gasteiger partial charge in [0, 0.05) is 31.2 Å². The number of piperidine rings is 1. The van der Waals surface area contributed by atoms with Gasteiger partial charge in [-0.3, -0.25) is 4.79 Å². The molecule has 12 heteroatoms. The van der Waals surface area contributed by atoms with Gasteiger partial charge in [-0.1, -0.05) is 0 Å². The summed E-state index contributed by atoms with van der Waals surface area (Å²) in [5.41, 5.74) is 0.0000643. The summed E-state index contributed by atoms with van der Waals surface area (Å²) in [7, 11) is -3.51. The average Bonchev–Trinajstić information content (AvgIpc) is 3.62. The van der Waals surface area contributed by atoms with Crippen LogP contribution in [0.15, 0.2) is 12.1 Å². The highest BCUT2D eigenvalue weighted by molar-refractivity contribution is 7.90. The Morgan fingerprint density at radius 3 is 2.19 bits per heavy atom. The molecule has 1 saturated carbocycles. The second-order valence-electron chi connectivity index (χ2n) is 11.6. The Labute approximate surface area is 219 Å². The summed E-state index contributed by atoms with van der Waals surface area (Å²) in [4.78, 5) is 15.0. The van der Waals surface area contributed by atoms with Crippen molar-refractivity contribution in [2.45, 2.75) is 93.8 Å². The second-order valence-corrected chi connectivity index (χ2v) is 15.9. The van der Waals surface area contributed by atoms with E-state index >= 15 is 0 Å². The van der Waals surface area contributed by atoms with Crippen LogP contribution in [0.25, 0.3) is 0 Å². The van der Waals surface area contributed by atoms with Crippen LogP contribution in [0.3, 0.4) is 0 Å². The molecule has 1 aliphatic carbocycles. The minimum absolute atomic E-state index is 0.0000643. The van der Waals surface area contributed by atoms with Gasteiger partial charge >= 0.3 is 0 Å². The Morgan fingerprint density at radius 2 is 1.65 bits per heavy atom. The highest BCUT2D eigenvalue weighted by atomic mass is 32.2. The maximum absolute atomic E-state index is 14.5. The standard InChI is InChI=1S/C25H36F3N3O4S2/c1-25(2,3)36(33)29-23(12-15-11-21(27)22(28)13-20(15)26)16-9-17-5-6-18(10-16)31(17)24(32)14-30(4)37(34,35)19-7-8-19/h11,13,16-19,23,29H,5-10,12,14H2,1-4H3/t16?,17-,18+,23-,36+/m1/s1. The number of carbonyl (C=O) groups is 1.